The van der Waals surface area contributed by atoms with Crippen molar-refractivity contribution in [2.24, 2.45) is 11.5 Å². The average Bonchev–Trinajstić information content (AvgIpc) is 2.77. The molecular weight excluding hydrogens is 433 g/mol. The Labute approximate surface area is 188 Å². The van der Waals surface area contributed by atoms with Gasteiger partial charge in [-0.25, -0.2) is 18.2 Å². The van der Waals surface area contributed by atoms with Gasteiger partial charge in [0.25, 0.3) is 5.91 Å². The molecule has 6 N–H and O–H groups in total. The smallest absolute Gasteiger partial charge is 0.252 e. The Morgan fingerprint density at radius 2 is 1.79 bits per heavy atom. The van der Waals surface area contributed by atoms with Crippen LogP contribution in [0.2, 0.25) is 0 Å². The summed E-state index contributed by atoms with van der Waals surface area (Å²) in [5.74, 6) is -3.10. The lowest BCUT2D eigenvalue weighted by Crippen LogP contribution is -2.43. The Balaban J connectivity index is 1.66. The predicted octanol–water partition coefficient (Wildman–Crippen LogP) is 4.09. The van der Waals surface area contributed by atoms with E-state index in [1.165, 1.54) is 18.3 Å². The number of anilines is 3. The number of nitrogens with zero attached hydrogens (tertiary/aromatic N) is 2. The molecule has 2 aromatic heterocycles. The second-order valence-corrected chi connectivity index (χ2v) is 7.96. The zero-order valence-electron chi connectivity index (χ0n) is 17.6. The van der Waals surface area contributed by atoms with Crippen LogP contribution in [0.5, 0.6) is 0 Å². The van der Waals surface area contributed by atoms with E-state index in [1.54, 1.807) is 6.07 Å². The van der Waals surface area contributed by atoms with E-state index in [2.05, 4.69) is 20.6 Å². The zero-order chi connectivity index (χ0) is 23.5. The molecule has 0 bridgehead atoms. The van der Waals surface area contributed by atoms with E-state index in [9.17, 15) is 18.0 Å². The third kappa shape index (κ3) is 5.06. The van der Waals surface area contributed by atoms with Crippen molar-refractivity contribution in [1.29, 1.82) is 0 Å². The molecule has 1 amide bonds. The van der Waals surface area contributed by atoms with Gasteiger partial charge in [-0.1, -0.05) is 12.8 Å². The molecule has 0 saturated heterocycles. The number of pyridine rings is 2. The van der Waals surface area contributed by atoms with E-state index in [0.29, 0.717) is 5.69 Å². The summed E-state index contributed by atoms with van der Waals surface area (Å²) in [5, 5.41) is 5.97. The normalized spacial score (nSPS) is 18.1. The Morgan fingerprint density at radius 1 is 1.00 bits per heavy atom. The fraction of sp³-hybridized carbons (Fsp3) is 0.261. The molecule has 3 aromatic rings. The standard InChI is InChI=1S/C23H23F3N6O/c24-12-5-6-14(16(25)9-12)20-10-13(7-8-29-20)30-22-15(21(28)33)11-17(26)23(32-22)31-19-4-2-1-3-18(19)27/h5-11,18-19H,1-4,27H2,(H2,28,33)(H2,29,30,31,32)/t18-,19+/m0/s1. The molecule has 1 saturated carbocycles. The third-order valence-corrected chi connectivity index (χ3v) is 5.61. The molecule has 0 aliphatic heterocycles. The maximum Gasteiger partial charge on any atom is 0.252 e. The van der Waals surface area contributed by atoms with Crippen LogP contribution in [0.3, 0.4) is 0 Å². The molecule has 1 aliphatic carbocycles. The van der Waals surface area contributed by atoms with Crippen molar-refractivity contribution in [2.75, 3.05) is 10.6 Å². The van der Waals surface area contributed by atoms with Crippen molar-refractivity contribution in [2.45, 2.75) is 37.8 Å². The van der Waals surface area contributed by atoms with Crippen LogP contribution < -0.4 is 22.1 Å². The first-order chi connectivity index (χ1) is 15.8. The van der Waals surface area contributed by atoms with Crippen LogP contribution in [0.1, 0.15) is 36.0 Å². The lowest BCUT2D eigenvalue weighted by atomic mass is 9.91. The maximum atomic E-state index is 14.7. The Bertz CT molecular complexity index is 1190. The van der Waals surface area contributed by atoms with Crippen LogP contribution in [-0.2, 0) is 0 Å². The average molecular weight is 456 g/mol. The van der Waals surface area contributed by atoms with E-state index in [1.807, 2.05) is 0 Å². The topological polar surface area (TPSA) is 119 Å². The van der Waals surface area contributed by atoms with Gasteiger partial charge in [0.05, 0.1) is 11.3 Å². The minimum atomic E-state index is -0.872. The minimum Gasteiger partial charge on any atom is -0.365 e. The summed E-state index contributed by atoms with van der Waals surface area (Å²) in [5.41, 5.74) is 12.1. The number of carbonyl (C=O) groups is 1. The van der Waals surface area contributed by atoms with Crippen LogP contribution in [0.15, 0.2) is 42.6 Å². The molecular formula is C23H23F3N6O. The molecule has 2 heterocycles. The number of rotatable bonds is 6. The summed E-state index contributed by atoms with van der Waals surface area (Å²) in [4.78, 5) is 20.3. The van der Waals surface area contributed by atoms with Crippen molar-refractivity contribution < 1.29 is 18.0 Å². The first-order valence-electron chi connectivity index (χ1n) is 10.5. The Hall–Kier alpha value is -3.66. The Kier molecular flexibility index (Phi) is 6.45. The highest BCUT2D eigenvalue weighted by atomic mass is 19.1. The maximum absolute atomic E-state index is 14.7. The number of hydrogen-bond donors (Lipinski definition) is 4. The molecule has 1 fully saturated rings. The van der Waals surface area contributed by atoms with Gasteiger partial charge in [0.1, 0.15) is 17.5 Å². The molecule has 10 heteroatoms. The van der Waals surface area contributed by atoms with Gasteiger partial charge in [-0.15, -0.1) is 0 Å². The van der Waals surface area contributed by atoms with E-state index < -0.39 is 23.4 Å². The van der Waals surface area contributed by atoms with Gasteiger partial charge in [-0.2, -0.15) is 0 Å². The molecule has 33 heavy (non-hydrogen) atoms. The number of amides is 1. The molecule has 0 radical (unpaired) electrons. The molecule has 172 valence electrons. The SMILES string of the molecule is NC(=O)c1cc(F)c(N[C@@H]2CCCC[C@@H]2N)nc1Nc1ccnc(-c2ccc(F)cc2F)c1. The van der Waals surface area contributed by atoms with E-state index in [4.69, 9.17) is 11.5 Å². The molecule has 0 spiro atoms. The summed E-state index contributed by atoms with van der Waals surface area (Å²) in [6.07, 6.45) is 5.00. The number of carbonyl (C=O) groups excluding carboxylic acids is 1. The van der Waals surface area contributed by atoms with Gasteiger partial charge in [-0.05, 0) is 43.2 Å². The highest BCUT2D eigenvalue weighted by Gasteiger charge is 2.24. The van der Waals surface area contributed by atoms with Gasteiger partial charge in [0, 0.05) is 35.6 Å². The number of benzene rings is 1. The molecule has 1 aromatic carbocycles. The van der Waals surface area contributed by atoms with E-state index >= 15 is 0 Å². The first kappa shape index (κ1) is 22.5. The number of nitrogens with two attached hydrogens (primary N) is 2. The van der Waals surface area contributed by atoms with Crippen molar-refractivity contribution in [3.8, 4) is 11.3 Å². The van der Waals surface area contributed by atoms with Crippen molar-refractivity contribution in [1.82, 2.24) is 9.97 Å². The van der Waals surface area contributed by atoms with Gasteiger partial charge in [0.2, 0.25) is 0 Å². The fourth-order valence-electron chi connectivity index (χ4n) is 3.88. The van der Waals surface area contributed by atoms with Crippen LogP contribution in [-0.4, -0.2) is 28.0 Å². The van der Waals surface area contributed by atoms with Crippen molar-refractivity contribution in [3.05, 3.63) is 65.6 Å². The van der Waals surface area contributed by atoms with E-state index in [-0.39, 0.29) is 40.5 Å². The summed E-state index contributed by atoms with van der Waals surface area (Å²) in [6.45, 7) is 0. The number of primary amides is 1. The number of halogens is 3. The van der Waals surface area contributed by atoms with Crippen LogP contribution >= 0.6 is 0 Å². The predicted molar refractivity (Wildman–Crippen MR) is 119 cm³/mol. The summed E-state index contributed by atoms with van der Waals surface area (Å²) in [6, 6.07) is 6.94. The van der Waals surface area contributed by atoms with Crippen molar-refractivity contribution >= 4 is 23.2 Å². The zero-order valence-corrected chi connectivity index (χ0v) is 17.6. The highest BCUT2D eigenvalue weighted by molar-refractivity contribution is 5.98. The minimum absolute atomic E-state index is 0.0208. The molecule has 7 nitrogen and oxygen atoms in total. The second kappa shape index (κ2) is 9.45. The number of aromatic nitrogens is 2. The van der Waals surface area contributed by atoms with Crippen LogP contribution in [0.4, 0.5) is 30.5 Å². The van der Waals surface area contributed by atoms with Gasteiger partial charge >= 0.3 is 0 Å². The number of nitrogens with one attached hydrogen (secondary N) is 2. The fourth-order valence-corrected chi connectivity index (χ4v) is 3.88. The summed E-state index contributed by atoms with van der Waals surface area (Å²) in [7, 11) is 0. The van der Waals surface area contributed by atoms with Gasteiger partial charge < -0.3 is 22.1 Å². The summed E-state index contributed by atoms with van der Waals surface area (Å²) < 4.78 is 42.1. The molecule has 0 unspecified atom stereocenters. The lowest BCUT2D eigenvalue weighted by Gasteiger charge is -2.30. The largest absolute Gasteiger partial charge is 0.365 e. The summed E-state index contributed by atoms with van der Waals surface area (Å²) >= 11 is 0. The monoisotopic (exact) mass is 456 g/mol. The molecule has 2 atom stereocenters. The second-order valence-electron chi connectivity index (χ2n) is 7.96. The van der Waals surface area contributed by atoms with E-state index in [0.717, 1.165) is 43.9 Å². The highest BCUT2D eigenvalue weighted by Crippen LogP contribution is 2.29. The molecule has 1 aliphatic rings. The van der Waals surface area contributed by atoms with Gasteiger partial charge in [0.15, 0.2) is 11.6 Å². The van der Waals surface area contributed by atoms with Crippen LogP contribution in [0.25, 0.3) is 11.3 Å². The Morgan fingerprint density at radius 3 is 2.52 bits per heavy atom. The first-order valence-corrected chi connectivity index (χ1v) is 10.5. The quantitative estimate of drug-likeness (QED) is 0.444. The van der Waals surface area contributed by atoms with Crippen LogP contribution in [0, 0.1) is 17.5 Å². The number of hydrogen-bond acceptors (Lipinski definition) is 6. The molecule has 4 rings (SSSR count). The van der Waals surface area contributed by atoms with Crippen molar-refractivity contribution in [3.63, 3.8) is 0 Å². The van der Waals surface area contributed by atoms with Gasteiger partial charge in [-0.3, -0.25) is 9.78 Å². The third-order valence-electron chi connectivity index (χ3n) is 5.61. The lowest BCUT2D eigenvalue weighted by molar-refractivity contribution is 0.100.